The molecule has 2 rings (SSSR count). The highest BCUT2D eigenvalue weighted by molar-refractivity contribution is 5.97. The molecular formula is C14H18FN3O2. The van der Waals surface area contributed by atoms with Gasteiger partial charge in [-0.25, -0.2) is 10.2 Å². The Hall–Kier alpha value is -1.95. The first-order valence-corrected chi connectivity index (χ1v) is 6.45. The van der Waals surface area contributed by atoms with Crippen LogP contribution in [0.4, 0.5) is 10.1 Å². The third-order valence-electron chi connectivity index (χ3n) is 3.54. The van der Waals surface area contributed by atoms with E-state index < -0.39 is 5.41 Å². The van der Waals surface area contributed by atoms with Crippen molar-refractivity contribution in [1.29, 1.82) is 0 Å². The van der Waals surface area contributed by atoms with E-state index in [9.17, 15) is 14.0 Å². The Bertz CT molecular complexity index is 557. The van der Waals surface area contributed by atoms with Gasteiger partial charge in [-0.1, -0.05) is 0 Å². The SMILES string of the molecule is CC(C)(CN1C(=O)CCc2cc(F)ccc21)C(=O)NN. The van der Waals surface area contributed by atoms with Gasteiger partial charge in [0.1, 0.15) is 5.82 Å². The Kier molecular flexibility index (Phi) is 3.76. The van der Waals surface area contributed by atoms with Crippen LogP contribution in [0, 0.1) is 11.2 Å². The van der Waals surface area contributed by atoms with Crippen molar-refractivity contribution >= 4 is 17.5 Å². The molecule has 0 unspecified atom stereocenters. The van der Waals surface area contributed by atoms with Crippen molar-refractivity contribution in [3.05, 3.63) is 29.6 Å². The number of carbonyl (C=O) groups is 2. The lowest BCUT2D eigenvalue weighted by Gasteiger charge is -2.35. The second kappa shape index (κ2) is 5.20. The summed E-state index contributed by atoms with van der Waals surface area (Å²) in [5.74, 6) is 4.42. The number of nitrogens with one attached hydrogen (secondary N) is 1. The Morgan fingerprint density at radius 1 is 1.45 bits per heavy atom. The van der Waals surface area contributed by atoms with Crippen molar-refractivity contribution in [2.45, 2.75) is 26.7 Å². The fraction of sp³-hybridized carbons (Fsp3) is 0.429. The summed E-state index contributed by atoms with van der Waals surface area (Å²) in [6.45, 7) is 3.62. The van der Waals surface area contributed by atoms with Crippen molar-refractivity contribution in [3.63, 3.8) is 0 Å². The standard InChI is InChI=1S/C14H18FN3O2/c1-14(2,13(20)17-16)8-18-11-5-4-10(15)7-9(11)3-6-12(18)19/h4-5,7H,3,6,8,16H2,1-2H3,(H,17,20). The normalized spacial score (nSPS) is 15.0. The van der Waals surface area contributed by atoms with Crippen molar-refractivity contribution < 1.29 is 14.0 Å². The van der Waals surface area contributed by atoms with E-state index >= 15 is 0 Å². The molecule has 5 nitrogen and oxygen atoms in total. The van der Waals surface area contributed by atoms with Crippen molar-refractivity contribution in [2.75, 3.05) is 11.4 Å². The number of amides is 2. The number of fused-ring (bicyclic) bond motifs is 1. The van der Waals surface area contributed by atoms with E-state index in [1.165, 1.54) is 17.0 Å². The second-order valence-electron chi connectivity index (χ2n) is 5.61. The summed E-state index contributed by atoms with van der Waals surface area (Å²) >= 11 is 0. The van der Waals surface area contributed by atoms with Gasteiger partial charge >= 0.3 is 0 Å². The third kappa shape index (κ3) is 2.65. The molecule has 0 aliphatic carbocycles. The first kappa shape index (κ1) is 14.5. The third-order valence-corrected chi connectivity index (χ3v) is 3.54. The summed E-state index contributed by atoms with van der Waals surface area (Å²) in [4.78, 5) is 25.4. The number of anilines is 1. The molecule has 108 valence electrons. The Morgan fingerprint density at radius 2 is 2.15 bits per heavy atom. The number of halogens is 1. The van der Waals surface area contributed by atoms with Crippen LogP contribution in [-0.4, -0.2) is 18.4 Å². The molecule has 3 N–H and O–H groups in total. The summed E-state index contributed by atoms with van der Waals surface area (Å²) in [6.07, 6.45) is 0.836. The topological polar surface area (TPSA) is 75.4 Å². The summed E-state index contributed by atoms with van der Waals surface area (Å²) in [7, 11) is 0. The van der Waals surface area contributed by atoms with E-state index in [0.717, 1.165) is 5.56 Å². The van der Waals surface area contributed by atoms with Crippen LogP contribution in [0.1, 0.15) is 25.8 Å². The number of carbonyl (C=O) groups excluding carboxylic acids is 2. The molecule has 0 aromatic heterocycles. The molecule has 1 aliphatic heterocycles. The zero-order valence-corrected chi connectivity index (χ0v) is 11.6. The highest BCUT2D eigenvalue weighted by atomic mass is 19.1. The maximum absolute atomic E-state index is 13.3. The van der Waals surface area contributed by atoms with Crippen LogP contribution in [0.2, 0.25) is 0 Å². The van der Waals surface area contributed by atoms with Crippen LogP contribution in [0.5, 0.6) is 0 Å². The zero-order chi connectivity index (χ0) is 14.9. The second-order valence-corrected chi connectivity index (χ2v) is 5.61. The molecule has 0 saturated carbocycles. The minimum absolute atomic E-state index is 0.0676. The number of hydrazine groups is 1. The van der Waals surface area contributed by atoms with Gasteiger partial charge < -0.3 is 4.90 Å². The number of hydrogen-bond acceptors (Lipinski definition) is 3. The number of benzene rings is 1. The molecular weight excluding hydrogens is 261 g/mol. The summed E-state index contributed by atoms with van der Waals surface area (Å²) in [6, 6.07) is 4.34. The molecule has 1 aromatic carbocycles. The summed E-state index contributed by atoms with van der Waals surface area (Å²) in [5.41, 5.74) is 2.73. The van der Waals surface area contributed by atoms with Gasteiger partial charge in [0.25, 0.3) is 0 Å². The molecule has 0 saturated heterocycles. The maximum Gasteiger partial charge on any atom is 0.241 e. The van der Waals surface area contributed by atoms with Gasteiger partial charge in [-0.3, -0.25) is 15.0 Å². The van der Waals surface area contributed by atoms with E-state index in [0.29, 0.717) is 18.5 Å². The average Bonchev–Trinajstić information content (AvgIpc) is 2.41. The van der Waals surface area contributed by atoms with Gasteiger partial charge in [0.05, 0.1) is 5.41 Å². The number of rotatable bonds is 3. The predicted molar refractivity (Wildman–Crippen MR) is 73.2 cm³/mol. The van der Waals surface area contributed by atoms with Gasteiger partial charge in [0.15, 0.2) is 0 Å². The van der Waals surface area contributed by atoms with Crippen LogP contribution >= 0.6 is 0 Å². The maximum atomic E-state index is 13.3. The van der Waals surface area contributed by atoms with Gasteiger partial charge in [0.2, 0.25) is 11.8 Å². The lowest BCUT2D eigenvalue weighted by atomic mass is 9.90. The highest BCUT2D eigenvalue weighted by Gasteiger charge is 2.34. The average molecular weight is 279 g/mol. The first-order chi connectivity index (χ1) is 9.35. The van der Waals surface area contributed by atoms with Crippen LogP contribution in [0.3, 0.4) is 0 Å². The number of aryl methyl sites for hydroxylation is 1. The zero-order valence-electron chi connectivity index (χ0n) is 11.6. The largest absolute Gasteiger partial charge is 0.311 e. The van der Waals surface area contributed by atoms with Gasteiger partial charge in [-0.15, -0.1) is 0 Å². The smallest absolute Gasteiger partial charge is 0.241 e. The lowest BCUT2D eigenvalue weighted by Crippen LogP contribution is -2.49. The van der Waals surface area contributed by atoms with Crippen molar-refractivity contribution in [1.82, 2.24) is 5.43 Å². The number of hydrogen-bond donors (Lipinski definition) is 2. The highest BCUT2D eigenvalue weighted by Crippen LogP contribution is 2.31. The van der Waals surface area contributed by atoms with Gasteiger partial charge in [-0.2, -0.15) is 0 Å². The van der Waals surface area contributed by atoms with E-state index in [1.54, 1.807) is 19.9 Å². The van der Waals surface area contributed by atoms with Crippen LogP contribution < -0.4 is 16.2 Å². The van der Waals surface area contributed by atoms with Crippen molar-refractivity contribution in [2.24, 2.45) is 11.3 Å². The summed E-state index contributed by atoms with van der Waals surface area (Å²) < 4.78 is 13.3. The molecule has 1 aliphatic rings. The summed E-state index contributed by atoms with van der Waals surface area (Å²) in [5, 5.41) is 0. The molecule has 2 amide bonds. The van der Waals surface area contributed by atoms with Crippen molar-refractivity contribution in [3.8, 4) is 0 Å². The molecule has 1 aromatic rings. The molecule has 0 spiro atoms. The molecule has 0 bridgehead atoms. The molecule has 20 heavy (non-hydrogen) atoms. The number of nitrogens with two attached hydrogens (primary N) is 1. The molecule has 1 heterocycles. The Labute approximate surface area is 116 Å². The van der Waals surface area contributed by atoms with E-state index in [-0.39, 0.29) is 24.2 Å². The quantitative estimate of drug-likeness (QED) is 0.494. The molecule has 6 heteroatoms. The Morgan fingerprint density at radius 3 is 2.80 bits per heavy atom. The fourth-order valence-electron chi connectivity index (χ4n) is 2.36. The number of nitrogens with zero attached hydrogens (tertiary/aromatic N) is 1. The lowest BCUT2D eigenvalue weighted by molar-refractivity contribution is -0.129. The molecule has 0 radical (unpaired) electrons. The van der Waals surface area contributed by atoms with Crippen LogP contribution in [0.25, 0.3) is 0 Å². The first-order valence-electron chi connectivity index (χ1n) is 6.45. The Balaban J connectivity index is 2.33. The predicted octanol–water partition coefficient (Wildman–Crippen LogP) is 1.12. The van der Waals surface area contributed by atoms with Crippen LogP contribution in [-0.2, 0) is 16.0 Å². The molecule has 0 atom stereocenters. The minimum atomic E-state index is -0.826. The molecule has 0 fully saturated rings. The van der Waals surface area contributed by atoms with Crippen LogP contribution in [0.15, 0.2) is 18.2 Å². The van der Waals surface area contributed by atoms with E-state index in [4.69, 9.17) is 5.84 Å². The van der Waals surface area contributed by atoms with Gasteiger partial charge in [0, 0.05) is 18.7 Å². The monoisotopic (exact) mass is 279 g/mol. The van der Waals surface area contributed by atoms with E-state index in [1.807, 2.05) is 0 Å². The van der Waals surface area contributed by atoms with E-state index in [2.05, 4.69) is 5.43 Å². The fourth-order valence-corrected chi connectivity index (χ4v) is 2.36. The van der Waals surface area contributed by atoms with Gasteiger partial charge in [-0.05, 0) is 44.0 Å². The minimum Gasteiger partial charge on any atom is -0.311 e.